The third kappa shape index (κ3) is 4.40. The standard InChI is InChI=1S/C18H14F3N3OS/c1-11-22-16(10-26-11)12-5-7-14(8-6-12)23-17(25)24-15-4-2-3-13(9-15)18(19,20)21/h2-10H,1H3,(H2,23,24,25). The third-order valence-corrected chi connectivity index (χ3v) is 4.28. The van der Waals surface area contributed by atoms with Gasteiger partial charge in [0.2, 0.25) is 0 Å². The number of alkyl halides is 3. The van der Waals surface area contributed by atoms with Crippen molar-refractivity contribution in [2.45, 2.75) is 13.1 Å². The highest BCUT2D eigenvalue weighted by molar-refractivity contribution is 7.09. The summed E-state index contributed by atoms with van der Waals surface area (Å²) in [5.74, 6) is 0. The number of carbonyl (C=O) groups is 1. The van der Waals surface area contributed by atoms with E-state index < -0.39 is 17.8 Å². The molecule has 2 aromatic carbocycles. The van der Waals surface area contributed by atoms with E-state index in [1.54, 1.807) is 23.5 Å². The van der Waals surface area contributed by atoms with Crippen molar-refractivity contribution in [1.82, 2.24) is 4.98 Å². The Morgan fingerprint density at radius 1 is 1.04 bits per heavy atom. The van der Waals surface area contributed by atoms with Crippen LogP contribution in [0.1, 0.15) is 10.6 Å². The van der Waals surface area contributed by atoms with Gasteiger partial charge in [0.1, 0.15) is 0 Å². The van der Waals surface area contributed by atoms with E-state index in [2.05, 4.69) is 15.6 Å². The van der Waals surface area contributed by atoms with Gasteiger partial charge in [-0.25, -0.2) is 9.78 Å². The van der Waals surface area contributed by atoms with Crippen LogP contribution in [0.15, 0.2) is 53.9 Å². The molecular formula is C18H14F3N3OS. The zero-order valence-electron chi connectivity index (χ0n) is 13.6. The summed E-state index contributed by atoms with van der Waals surface area (Å²) in [6, 6.07) is 10.9. The number of anilines is 2. The van der Waals surface area contributed by atoms with Crippen LogP contribution in [0.25, 0.3) is 11.3 Å². The number of aromatic nitrogens is 1. The van der Waals surface area contributed by atoms with Crippen LogP contribution in [0.3, 0.4) is 0 Å². The van der Waals surface area contributed by atoms with Crippen molar-refractivity contribution in [3.05, 3.63) is 64.5 Å². The van der Waals surface area contributed by atoms with Crippen LogP contribution in [0, 0.1) is 6.92 Å². The number of halogens is 3. The molecule has 1 heterocycles. The first-order valence-corrected chi connectivity index (χ1v) is 8.47. The normalized spacial score (nSPS) is 11.2. The van der Waals surface area contributed by atoms with Crippen molar-refractivity contribution in [3.8, 4) is 11.3 Å². The van der Waals surface area contributed by atoms with Gasteiger partial charge < -0.3 is 10.6 Å². The van der Waals surface area contributed by atoms with Gasteiger partial charge in [-0.2, -0.15) is 13.2 Å². The number of thiazole rings is 1. The highest BCUT2D eigenvalue weighted by Crippen LogP contribution is 2.30. The number of amides is 2. The molecule has 8 heteroatoms. The second-order valence-corrected chi connectivity index (χ2v) is 6.55. The summed E-state index contributed by atoms with van der Waals surface area (Å²) in [5.41, 5.74) is 1.53. The molecule has 0 saturated heterocycles. The molecule has 26 heavy (non-hydrogen) atoms. The van der Waals surface area contributed by atoms with E-state index in [9.17, 15) is 18.0 Å². The van der Waals surface area contributed by atoms with Gasteiger partial charge in [-0.3, -0.25) is 0 Å². The number of hydrogen-bond donors (Lipinski definition) is 2. The minimum absolute atomic E-state index is 0.0619. The maximum Gasteiger partial charge on any atom is 0.416 e. The van der Waals surface area contributed by atoms with E-state index in [1.807, 2.05) is 24.4 Å². The highest BCUT2D eigenvalue weighted by atomic mass is 32.1. The van der Waals surface area contributed by atoms with E-state index in [-0.39, 0.29) is 5.69 Å². The van der Waals surface area contributed by atoms with Crippen LogP contribution in [0.5, 0.6) is 0 Å². The van der Waals surface area contributed by atoms with Crippen LogP contribution < -0.4 is 10.6 Å². The molecule has 0 aliphatic heterocycles. The van der Waals surface area contributed by atoms with Gasteiger partial charge in [0, 0.05) is 22.3 Å². The summed E-state index contributed by atoms with van der Waals surface area (Å²) >= 11 is 1.55. The van der Waals surface area contributed by atoms with Gasteiger partial charge in [-0.15, -0.1) is 11.3 Å². The van der Waals surface area contributed by atoms with Crippen LogP contribution in [-0.2, 0) is 6.18 Å². The van der Waals surface area contributed by atoms with Gasteiger partial charge in [0.15, 0.2) is 0 Å². The number of urea groups is 1. The molecule has 0 radical (unpaired) electrons. The van der Waals surface area contributed by atoms with Crippen molar-refractivity contribution in [2.75, 3.05) is 10.6 Å². The summed E-state index contributed by atoms with van der Waals surface area (Å²) in [5, 5.41) is 7.88. The van der Waals surface area contributed by atoms with E-state index >= 15 is 0 Å². The zero-order chi connectivity index (χ0) is 18.7. The molecule has 0 fully saturated rings. The molecule has 0 saturated carbocycles. The summed E-state index contributed by atoms with van der Waals surface area (Å²) in [6.07, 6.45) is -4.46. The van der Waals surface area contributed by atoms with Crippen LogP contribution >= 0.6 is 11.3 Å². The average molecular weight is 377 g/mol. The molecule has 0 bridgehead atoms. The summed E-state index contributed by atoms with van der Waals surface area (Å²) in [6.45, 7) is 1.92. The van der Waals surface area contributed by atoms with Gasteiger partial charge in [0.05, 0.1) is 16.3 Å². The quantitative estimate of drug-likeness (QED) is 0.608. The lowest BCUT2D eigenvalue weighted by atomic mass is 10.1. The fourth-order valence-corrected chi connectivity index (χ4v) is 2.91. The second kappa shape index (κ2) is 7.17. The molecule has 0 aliphatic carbocycles. The fourth-order valence-electron chi connectivity index (χ4n) is 2.29. The Kier molecular flexibility index (Phi) is 4.94. The molecule has 0 atom stereocenters. The van der Waals surface area contributed by atoms with Gasteiger partial charge in [-0.05, 0) is 37.3 Å². The second-order valence-electron chi connectivity index (χ2n) is 5.49. The first-order chi connectivity index (χ1) is 12.3. The lowest BCUT2D eigenvalue weighted by Gasteiger charge is -2.11. The Balaban J connectivity index is 1.65. The van der Waals surface area contributed by atoms with Crippen LogP contribution in [0.4, 0.5) is 29.3 Å². The Labute approximate surface area is 151 Å². The molecule has 2 N–H and O–H groups in total. The number of rotatable bonds is 3. The largest absolute Gasteiger partial charge is 0.416 e. The first-order valence-electron chi connectivity index (χ1n) is 7.59. The maximum atomic E-state index is 12.7. The number of nitrogens with one attached hydrogen (secondary N) is 2. The maximum absolute atomic E-state index is 12.7. The average Bonchev–Trinajstić information content (AvgIpc) is 3.01. The Hall–Kier alpha value is -2.87. The lowest BCUT2D eigenvalue weighted by molar-refractivity contribution is -0.137. The first kappa shape index (κ1) is 17.9. The Bertz CT molecular complexity index is 920. The van der Waals surface area contributed by atoms with E-state index in [0.29, 0.717) is 5.69 Å². The zero-order valence-corrected chi connectivity index (χ0v) is 14.4. The van der Waals surface area contributed by atoms with Crippen LogP contribution in [-0.4, -0.2) is 11.0 Å². The SMILES string of the molecule is Cc1nc(-c2ccc(NC(=O)Nc3cccc(C(F)(F)F)c3)cc2)cs1. The molecule has 0 spiro atoms. The van der Waals surface area contributed by atoms with Crippen molar-refractivity contribution in [2.24, 2.45) is 0 Å². The molecule has 3 rings (SSSR count). The summed E-state index contributed by atoms with van der Waals surface area (Å²) in [7, 11) is 0. The summed E-state index contributed by atoms with van der Waals surface area (Å²) in [4.78, 5) is 16.4. The van der Waals surface area contributed by atoms with Crippen molar-refractivity contribution in [1.29, 1.82) is 0 Å². The minimum Gasteiger partial charge on any atom is -0.308 e. The third-order valence-electron chi connectivity index (χ3n) is 3.51. The smallest absolute Gasteiger partial charge is 0.308 e. The predicted molar refractivity (Wildman–Crippen MR) is 96.4 cm³/mol. The number of carbonyl (C=O) groups excluding carboxylic acids is 1. The fraction of sp³-hybridized carbons (Fsp3) is 0.111. The Morgan fingerprint density at radius 2 is 1.73 bits per heavy atom. The van der Waals surface area contributed by atoms with Gasteiger partial charge in [-0.1, -0.05) is 18.2 Å². The van der Waals surface area contributed by atoms with Crippen LogP contribution in [0.2, 0.25) is 0 Å². The minimum atomic E-state index is -4.46. The Morgan fingerprint density at radius 3 is 2.35 bits per heavy atom. The molecular weight excluding hydrogens is 363 g/mol. The van der Waals surface area contributed by atoms with Crippen molar-refractivity contribution >= 4 is 28.7 Å². The molecule has 1 aromatic heterocycles. The van der Waals surface area contributed by atoms with E-state index in [0.717, 1.165) is 28.4 Å². The number of nitrogens with zero attached hydrogens (tertiary/aromatic N) is 1. The molecule has 2 amide bonds. The molecule has 134 valence electrons. The molecule has 0 aliphatic rings. The number of hydrogen-bond acceptors (Lipinski definition) is 3. The topological polar surface area (TPSA) is 54.0 Å². The molecule has 3 aromatic rings. The molecule has 4 nitrogen and oxygen atoms in total. The summed E-state index contributed by atoms with van der Waals surface area (Å²) < 4.78 is 38.1. The molecule has 0 unspecified atom stereocenters. The van der Waals surface area contributed by atoms with Gasteiger partial charge in [0.25, 0.3) is 0 Å². The van der Waals surface area contributed by atoms with E-state index in [1.165, 1.54) is 12.1 Å². The van der Waals surface area contributed by atoms with Crippen molar-refractivity contribution < 1.29 is 18.0 Å². The monoisotopic (exact) mass is 377 g/mol. The number of aryl methyl sites for hydroxylation is 1. The number of benzene rings is 2. The lowest BCUT2D eigenvalue weighted by Crippen LogP contribution is -2.19. The van der Waals surface area contributed by atoms with Crippen molar-refractivity contribution in [3.63, 3.8) is 0 Å². The van der Waals surface area contributed by atoms with E-state index in [4.69, 9.17) is 0 Å². The highest BCUT2D eigenvalue weighted by Gasteiger charge is 2.30. The predicted octanol–water partition coefficient (Wildman–Crippen LogP) is 5.78. The van der Waals surface area contributed by atoms with Gasteiger partial charge >= 0.3 is 12.2 Å².